The highest BCUT2D eigenvalue weighted by molar-refractivity contribution is 6.21. The summed E-state index contributed by atoms with van der Waals surface area (Å²) in [6.45, 7) is 6.94. The molecule has 0 amide bonds. The van der Waals surface area contributed by atoms with Gasteiger partial charge in [-0.3, -0.25) is 0 Å². The first-order chi connectivity index (χ1) is 22.5. The van der Waals surface area contributed by atoms with Gasteiger partial charge in [0.2, 0.25) is 0 Å². The molecule has 0 aliphatic heterocycles. The van der Waals surface area contributed by atoms with Crippen LogP contribution in [-0.4, -0.2) is 0 Å². The van der Waals surface area contributed by atoms with E-state index in [1.165, 1.54) is 93.5 Å². The van der Waals surface area contributed by atoms with Gasteiger partial charge in [0.05, 0.1) is 0 Å². The Morgan fingerprint density at radius 1 is 0.370 bits per heavy atom. The van der Waals surface area contributed by atoms with E-state index in [-0.39, 0.29) is 5.41 Å². The number of rotatable bonds is 3. The predicted molar refractivity (Wildman–Crippen MR) is 198 cm³/mol. The van der Waals surface area contributed by atoms with E-state index in [1.54, 1.807) is 0 Å². The van der Waals surface area contributed by atoms with Gasteiger partial charge in [0.25, 0.3) is 0 Å². The van der Waals surface area contributed by atoms with Gasteiger partial charge in [-0.1, -0.05) is 165 Å². The van der Waals surface area contributed by atoms with E-state index in [0.717, 1.165) is 0 Å². The lowest BCUT2D eigenvalue weighted by Crippen LogP contribution is -2.14. The molecule has 0 saturated carbocycles. The summed E-state index contributed by atoms with van der Waals surface area (Å²) in [4.78, 5) is 0. The number of fused-ring (bicyclic) bond motifs is 6. The minimum atomic E-state index is -0.0464. The first-order valence-corrected chi connectivity index (χ1v) is 16.3. The second-order valence-electron chi connectivity index (χ2n) is 13.4. The molecule has 1 aliphatic carbocycles. The minimum Gasteiger partial charge on any atom is -0.0619 e. The van der Waals surface area contributed by atoms with E-state index in [2.05, 4.69) is 172 Å². The molecule has 0 aromatic heterocycles. The van der Waals surface area contributed by atoms with E-state index < -0.39 is 0 Å². The van der Waals surface area contributed by atoms with Crippen molar-refractivity contribution in [2.45, 2.75) is 26.2 Å². The molecule has 9 rings (SSSR count). The Hall–Kier alpha value is -5.46. The molecule has 0 N–H and O–H groups in total. The van der Waals surface area contributed by atoms with Crippen LogP contribution in [0.2, 0.25) is 0 Å². The van der Waals surface area contributed by atoms with Crippen molar-refractivity contribution in [1.29, 1.82) is 0 Å². The van der Waals surface area contributed by atoms with Crippen LogP contribution >= 0.6 is 0 Å². The smallest absolute Gasteiger partial charge is 0.0159 e. The first-order valence-electron chi connectivity index (χ1n) is 16.3. The number of aryl methyl sites for hydroxylation is 1. The molecule has 0 unspecified atom stereocenters. The Balaban J connectivity index is 1.27. The zero-order chi connectivity index (χ0) is 31.0. The van der Waals surface area contributed by atoms with Crippen LogP contribution in [0.5, 0.6) is 0 Å². The molecule has 0 spiro atoms. The minimum absolute atomic E-state index is 0.0464. The molecule has 0 bridgehead atoms. The Morgan fingerprint density at radius 2 is 0.935 bits per heavy atom. The predicted octanol–water partition coefficient (Wildman–Crippen LogP) is 12.8. The Kier molecular flexibility index (Phi) is 5.86. The fourth-order valence-corrected chi connectivity index (χ4v) is 8.07. The number of hydrogen-bond donors (Lipinski definition) is 0. The van der Waals surface area contributed by atoms with Crippen LogP contribution in [0, 0.1) is 6.92 Å². The van der Waals surface area contributed by atoms with E-state index in [4.69, 9.17) is 0 Å². The molecular formula is C46H34. The molecule has 8 aromatic carbocycles. The van der Waals surface area contributed by atoms with E-state index in [0.29, 0.717) is 0 Å². The van der Waals surface area contributed by atoms with Gasteiger partial charge in [-0.2, -0.15) is 0 Å². The molecule has 0 heterocycles. The van der Waals surface area contributed by atoms with Crippen LogP contribution in [0.25, 0.3) is 76.8 Å². The number of hydrogen-bond acceptors (Lipinski definition) is 0. The molecule has 0 atom stereocenters. The summed E-state index contributed by atoms with van der Waals surface area (Å²) in [5.74, 6) is 0. The van der Waals surface area contributed by atoms with Gasteiger partial charge in [0.1, 0.15) is 0 Å². The average Bonchev–Trinajstić information content (AvgIpc) is 3.32. The summed E-state index contributed by atoms with van der Waals surface area (Å²) in [7, 11) is 0. The average molecular weight is 587 g/mol. The van der Waals surface area contributed by atoms with Crippen LogP contribution in [0.4, 0.5) is 0 Å². The van der Waals surface area contributed by atoms with Crippen LogP contribution in [0.15, 0.2) is 152 Å². The third-order valence-electron chi connectivity index (χ3n) is 10.3. The van der Waals surface area contributed by atoms with Gasteiger partial charge < -0.3 is 0 Å². The maximum atomic E-state index is 2.47. The third-order valence-corrected chi connectivity index (χ3v) is 10.3. The molecule has 0 nitrogen and oxygen atoms in total. The maximum Gasteiger partial charge on any atom is 0.0159 e. The Labute approximate surface area is 270 Å². The van der Waals surface area contributed by atoms with Gasteiger partial charge in [-0.25, -0.2) is 0 Å². The molecular weight excluding hydrogens is 553 g/mol. The second kappa shape index (κ2) is 10.0. The quantitative estimate of drug-likeness (QED) is 0.181. The van der Waals surface area contributed by atoms with Crippen LogP contribution in [0.3, 0.4) is 0 Å². The van der Waals surface area contributed by atoms with E-state index in [1.807, 2.05) is 0 Å². The van der Waals surface area contributed by atoms with Crippen molar-refractivity contribution >= 4 is 32.3 Å². The highest BCUT2D eigenvalue weighted by Crippen LogP contribution is 2.51. The summed E-state index contributed by atoms with van der Waals surface area (Å²) < 4.78 is 0. The molecule has 0 radical (unpaired) electrons. The fraction of sp³-hybridized carbons (Fsp3) is 0.0870. The van der Waals surface area contributed by atoms with Crippen molar-refractivity contribution in [2.24, 2.45) is 0 Å². The fourth-order valence-electron chi connectivity index (χ4n) is 8.07. The lowest BCUT2D eigenvalue weighted by Gasteiger charge is -2.23. The lowest BCUT2D eigenvalue weighted by molar-refractivity contribution is 0.660. The molecule has 46 heavy (non-hydrogen) atoms. The largest absolute Gasteiger partial charge is 0.0619 e. The van der Waals surface area contributed by atoms with E-state index in [9.17, 15) is 0 Å². The van der Waals surface area contributed by atoms with Crippen molar-refractivity contribution in [3.8, 4) is 44.5 Å². The van der Waals surface area contributed by atoms with Gasteiger partial charge in [0, 0.05) is 5.41 Å². The van der Waals surface area contributed by atoms with Crippen molar-refractivity contribution in [3.05, 3.63) is 168 Å². The van der Waals surface area contributed by atoms with Crippen molar-refractivity contribution in [2.75, 3.05) is 0 Å². The zero-order valence-electron chi connectivity index (χ0n) is 26.4. The molecule has 218 valence electrons. The molecule has 0 heteroatoms. The van der Waals surface area contributed by atoms with Crippen molar-refractivity contribution < 1.29 is 0 Å². The molecule has 0 fully saturated rings. The summed E-state index contributed by atoms with van der Waals surface area (Å²) in [6, 6.07) is 56.5. The SMILES string of the molecule is Cc1ccc2c(-c3ccc(-c4cccc5ccccc45)cc3)c3ccccc3c(-c3ccc4c(c3)C(C)(C)c3ccccc3-4)c2c1. The lowest BCUT2D eigenvalue weighted by atomic mass is 9.80. The highest BCUT2D eigenvalue weighted by Gasteiger charge is 2.35. The zero-order valence-corrected chi connectivity index (χ0v) is 26.4. The van der Waals surface area contributed by atoms with Gasteiger partial charge in [0.15, 0.2) is 0 Å². The Morgan fingerprint density at radius 3 is 1.74 bits per heavy atom. The third kappa shape index (κ3) is 3.93. The number of benzene rings is 8. The van der Waals surface area contributed by atoms with Gasteiger partial charge >= 0.3 is 0 Å². The van der Waals surface area contributed by atoms with Crippen LogP contribution in [0.1, 0.15) is 30.5 Å². The summed E-state index contributed by atoms with van der Waals surface area (Å²) in [6.07, 6.45) is 0. The molecule has 0 saturated heterocycles. The molecule has 1 aliphatic rings. The van der Waals surface area contributed by atoms with Gasteiger partial charge in [-0.15, -0.1) is 0 Å². The van der Waals surface area contributed by atoms with Crippen LogP contribution < -0.4 is 0 Å². The Bertz CT molecular complexity index is 2490. The van der Waals surface area contributed by atoms with Gasteiger partial charge in [-0.05, 0) is 101 Å². The summed E-state index contributed by atoms with van der Waals surface area (Å²) in [5, 5.41) is 7.73. The topological polar surface area (TPSA) is 0 Å². The summed E-state index contributed by atoms with van der Waals surface area (Å²) in [5.41, 5.74) is 14.4. The van der Waals surface area contributed by atoms with Crippen molar-refractivity contribution in [1.82, 2.24) is 0 Å². The van der Waals surface area contributed by atoms with E-state index >= 15 is 0 Å². The normalized spacial score (nSPS) is 13.3. The highest BCUT2D eigenvalue weighted by atomic mass is 14.4. The molecule has 8 aromatic rings. The standard InChI is InChI=1S/C46H34/c1-29-19-25-40-41(27-29)45(33-24-26-37-36-14-8-9-18-42(36)46(2,3)43(37)28-33)39-16-7-6-15-38(39)44(40)32-22-20-31(21-23-32)35-17-10-12-30-11-4-5-13-34(30)35/h4-28H,1-3H3. The first kappa shape index (κ1) is 26.9. The van der Waals surface area contributed by atoms with Crippen LogP contribution in [-0.2, 0) is 5.41 Å². The maximum absolute atomic E-state index is 2.47. The summed E-state index contributed by atoms with van der Waals surface area (Å²) >= 11 is 0. The monoisotopic (exact) mass is 586 g/mol. The second-order valence-corrected chi connectivity index (χ2v) is 13.4. The van der Waals surface area contributed by atoms with Crippen molar-refractivity contribution in [3.63, 3.8) is 0 Å².